The standard InChI is InChI=1S/C22H22ClNO4S/c1-14-6-7-20-19(10-14)15(2)21(28-20)22(25)24(18-8-9-29(26,27)13-18)12-16-4-3-5-17(23)11-16/h3-7,10-11,18H,8-9,12-13H2,1-2H3/t18-/m0/s1. The van der Waals surface area contributed by atoms with Crippen LogP contribution < -0.4 is 0 Å². The Kier molecular flexibility index (Phi) is 5.17. The topological polar surface area (TPSA) is 67.6 Å². The zero-order valence-electron chi connectivity index (χ0n) is 16.3. The van der Waals surface area contributed by atoms with Gasteiger partial charge in [0.15, 0.2) is 15.6 Å². The van der Waals surface area contributed by atoms with Gasteiger partial charge in [-0.3, -0.25) is 4.79 Å². The van der Waals surface area contributed by atoms with Crippen LogP contribution in [0, 0.1) is 13.8 Å². The highest BCUT2D eigenvalue weighted by Crippen LogP contribution is 2.30. The van der Waals surface area contributed by atoms with Crippen molar-refractivity contribution in [2.24, 2.45) is 0 Å². The summed E-state index contributed by atoms with van der Waals surface area (Å²) >= 11 is 6.11. The molecule has 0 N–H and O–H groups in total. The average molecular weight is 432 g/mol. The highest BCUT2D eigenvalue weighted by atomic mass is 35.5. The van der Waals surface area contributed by atoms with Gasteiger partial charge in [-0.2, -0.15) is 0 Å². The van der Waals surface area contributed by atoms with Gasteiger partial charge in [-0.15, -0.1) is 0 Å². The van der Waals surface area contributed by atoms with Crippen LogP contribution >= 0.6 is 11.6 Å². The lowest BCUT2D eigenvalue weighted by Gasteiger charge is -2.28. The van der Waals surface area contributed by atoms with Crippen LogP contribution in [0.5, 0.6) is 0 Å². The molecule has 0 aliphatic carbocycles. The maximum atomic E-state index is 13.5. The lowest BCUT2D eigenvalue weighted by Crippen LogP contribution is -2.40. The number of carbonyl (C=O) groups excluding carboxylic acids is 1. The van der Waals surface area contributed by atoms with Gasteiger partial charge in [-0.1, -0.05) is 35.4 Å². The van der Waals surface area contributed by atoms with Crippen molar-refractivity contribution < 1.29 is 17.6 Å². The van der Waals surface area contributed by atoms with Crippen LogP contribution in [0.1, 0.15) is 33.7 Å². The Morgan fingerprint density at radius 3 is 2.69 bits per heavy atom. The maximum absolute atomic E-state index is 13.5. The Hall–Kier alpha value is -2.31. The first kappa shape index (κ1) is 20.0. The number of hydrogen-bond acceptors (Lipinski definition) is 4. The van der Waals surface area contributed by atoms with Crippen LogP contribution in [-0.4, -0.2) is 36.8 Å². The molecule has 4 rings (SSSR count). The number of rotatable bonds is 4. The van der Waals surface area contributed by atoms with E-state index >= 15 is 0 Å². The van der Waals surface area contributed by atoms with Crippen molar-refractivity contribution in [1.82, 2.24) is 4.90 Å². The number of amides is 1. The van der Waals surface area contributed by atoms with Gasteiger partial charge in [-0.05, 0) is 50.1 Å². The SMILES string of the molecule is Cc1ccc2oc(C(=O)N(Cc3cccc(Cl)c3)[C@H]3CCS(=O)(=O)C3)c(C)c2c1. The van der Waals surface area contributed by atoms with Crippen molar-refractivity contribution in [2.75, 3.05) is 11.5 Å². The minimum absolute atomic E-state index is 0.0301. The molecule has 0 saturated carbocycles. The second kappa shape index (κ2) is 7.50. The number of fused-ring (bicyclic) bond motifs is 1. The third kappa shape index (κ3) is 4.05. The van der Waals surface area contributed by atoms with Crippen LogP contribution in [0.25, 0.3) is 11.0 Å². The van der Waals surface area contributed by atoms with Crippen molar-refractivity contribution in [3.8, 4) is 0 Å². The summed E-state index contributed by atoms with van der Waals surface area (Å²) in [5.41, 5.74) is 3.35. The van der Waals surface area contributed by atoms with Crippen molar-refractivity contribution in [2.45, 2.75) is 32.9 Å². The summed E-state index contributed by atoms with van der Waals surface area (Å²) in [5.74, 6) is 0.0304. The molecular weight excluding hydrogens is 410 g/mol. The molecule has 3 aromatic rings. The Morgan fingerprint density at radius 1 is 1.21 bits per heavy atom. The van der Waals surface area contributed by atoms with Gasteiger partial charge < -0.3 is 9.32 Å². The third-order valence-electron chi connectivity index (χ3n) is 5.44. The van der Waals surface area contributed by atoms with E-state index < -0.39 is 9.84 Å². The van der Waals surface area contributed by atoms with Gasteiger partial charge in [0.05, 0.1) is 11.5 Å². The van der Waals surface area contributed by atoms with Crippen molar-refractivity contribution in [1.29, 1.82) is 0 Å². The first-order valence-corrected chi connectivity index (χ1v) is 11.7. The van der Waals surface area contributed by atoms with E-state index in [1.807, 2.05) is 44.2 Å². The molecule has 1 aliphatic rings. The third-order valence-corrected chi connectivity index (χ3v) is 7.42. The fourth-order valence-corrected chi connectivity index (χ4v) is 5.83. The van der Waals surface area contributed by atoms with Crippen LogP contribution in [-0.2, 0) is 16.4 Å². The van der Waals surface area contributed by atoms with E-state index in [-0.39, 0.29) is 35.8 Å². The van der Waals surface area contributed by atoms with Gasteiger partial charge in [-0.25, -0.2) is 8.42 Å². The molecule has 0 radical (unpaired) electrons. The Morgan fingerprint density at radius 2 is 2.00 bits per heavy atom. The smallest absolute Gasteiger partial charge is 0.290 e. The summed E-state index contributed by atoms with van der Waals surface area (Å²) in [6, 6.07) is 12.7. The predicted octanol–water partition coefficient (Wildman–Crippen LogP) is 4.53. The summed E-state index contributed by atoms with van der Waals surface area (Å²) in [6.07, 6.45) is 0.424. The molecule has 1 amide bonds. The monoisotopic (exact) mass is 431 g/mol. The highest BCUT2D eigenvalue weighted by Gasteiger charge is 2.36. The second-order valence-corrected chi connectivity index (χ2v) is 10.3. The van der Waals surface area contributed by atoms with E-state index in [4.69, 9.17) is 16.0 Å². The molecule has 1 aliphatic heterocycles. The molecule has 0 unspecified atom stereocenters. The Labute approximate surface area is 175 Å². The molecular formula is C22H22ClNO4S. The first-order chi connectivity index (χ1) is 13.7. The van der Waals surface area contributed by atoms with E-state index in [9.17, 15) is 13.2 Å². The molecule has 1 fully saturated rings. The minimum Gasteiger partial charge on any atom is -0.451 e. The molecule has 2 heterocycles. The first-order valence-electron chi connectivity index (χ1n) is 9.49. The highest BCUT2D eigenvalue weighted by molar-refractivity contribution is 7.91. The van der Waals surface area contributed by atoms with Crippen molar-refractivity contribution >= 4 is 38.3 Å². The van der Waals surface area contributed by atoms with E-state index in [1.54, 1.807) is 17.0 Å². The molecule has 2 aromatic carbocycles. The van der Waals surface area contributed by atoms with E-state index in [0.29, 0.717) is 17.0 Å². The molecule has 0 spiro atoms. The van der Waals surface area contributed by atoms with Crippen LogP contribution in [0.15, 0.2) is 46.9 Å². The fourth-order valence-electron chi connectivity index (χ4n) is 3.89. The number of carbonyl (C=O) groups is 1. The van der Waals surface area contributed by atoms with E-state index in [2.05, 4.69) is 0 Å². The molecule has 1 atom stereocenters. The van der Waals surface area contributed by atoms with Crippen molar-refractivity contribution in [3.05, 3.63) is 69.9 Å². The zero-order valence-corrected chi connectivity index (χ0v) is 17.9. The predicted molar refractivity (Wildman–Crippen MR) is 114 cm³/mol. The van der Waals surface area contributed by atoms with Gasteiger partial charge in [0.1, 0.15) is 5.58 Å². The number of hydrogen-bond donors (Lipinski definition) is 0. The van der Waals surface area contributed by atoms with Crippen LogP contribution in [0.4, 0.5) is 0 Å². The van der Waals surface area contributed by atoms with E-state index in [1.165, 1.54) is 0 Å². The van der Waals surface area contributed by atoms with Gasteiger partial charge in [0.25, 0.3) is 5.91 Å². The summed E-state index contributed by atoms with van der Waals surface area (Å²) < 4.78 is 30.1. The Balaban J connectivity index is 1.74. The summed E-state index contributed by atoms with van der Waals surface area (Å²) in [7, 11) is -3.15. The normalized spacial score (nSPS) is 18.2. The number of halogens is 1. The quantitative estimate of drug-likeness (QED) is 0.608. The van der Waals surface area contributed by atoms with Gasteiger partial charge in [0.2, 0.25) is 0 Å². The molecule has 1 aromatic heterocycles. The fraction of sp³-hybridized carbons (Fsp3) is 0.318. The van der Waals surface area contributed by atoms with Crippen LogP contribution in [0.2, 0.25) is 5.02 Å². The number of furan rings is 1. The van der Waals surface area contributed by atoms with Crippen molar-refractivity contribution in [3.63, 3.8) is 0 Å². The number of nitrogens with zero attached hydrogens (tertiary/aromatic N) is 1. The molecule has 29 heavy (non-hydrogen) atoms. The minimum atomic E-state index is -3.15. The summed E-state index contributed by atoms with van der Waals surface area (Å²) in [4.78, 5) is 15.1. The zero-order chi connectivity index (χ0) is 20.8. The second-order valence-electron chi connectivity index (χ2n) is 7.68. The van der Waals surface area contributed by atoms with Gasteiger partial charge in [0, 0.05) is 28.6 Å². The molecule has 0 bridgehead atoms. The van der Waals surface area contributed by atoms with E-state index in [0.717, 1.165) is 22.1 Å². The molecule has 152 valence electrons. The molecule has 5 nitrogen and oxygen atoms in total. The molecule has 7 heteroatoms. The van der Waals surface area contributed by atoms with Gasteiger partial charge >= 0.3 is 0 Å². The summed E-state index contributed by atoms with van der Waals surface area (Å²) in [6.45, 7) is 4.12. The number of aryl methyl sites for hydroxylation is 2. The average Bonchev–Trinajstić information content (AvgIpc) is 3.19. The molecule has 1 saturated heterocycles. The van der Waals surface area contributed by atoms with Crippen LogP contribution in [0.3, 0.4) is 0 Å². The maximum Gasteiger partial charge on any atom is 0.290 e. The number of sulfone groups is 1. The number of benzene rings is 2. The lowest BCUT2D eigenvalue weighted by atomic mass is 10.1. The Bertz CT molecular complexity index is 1200. The summed E-state index contributed by atoms with van der Waals surface area (Å²) in [5, 5.41) is 1.47. The lowest BCUT2D eigenvalue weighted by molar-refractivity contribution is 0.0649. The largest absolute Gasteiger partial charge is 0.451 e.